The molecule has 2 aromatic rings. The van der Waals surface area contributed by atoms with E-state index in [4.69, 9.17) is 4.74 Å². The number of ketones is 1. The highest BCUT2D eigenvalue weighted by Gasteiger charge is 2.52. The molecule has 1 heterocycles. The molecule has 1 aliphatic heterocycles. The number of alkyl halides is 3. The van der Waals surface area contributed by atoms with E-state index in [1.165, 1.54) is 13.0 Å². The van der Waals surface area contributed by atoms with Gasteiger partial charge in [-0.2, -0.15) is 13.2 Å². The van der Waals surface area contributed by atoms with Gasteiger partial charge in [-0.3, -0.25) is 14.4 Å². The van der Waals surface area contributed by atoms with E-state index in [0.29, 0.717) is 6.07 Å². The molecule has 1 fully saturated rings. The van der Waals surface area contributed by atoms with Crippen molar-refractivity contribution in [3.8, 4) is 5.75 Å². The van der Waals surface area contributed by atoms with Gasteiger partial charge in [0.25, 0.3) is 0 Å². The van der Waals surface area contributed by atoms with Gasteiger partial charge in [0.2, 0.25) is 11.8 Å². The molecule has 1 saturated heterocycles. The molecule has 2 atom stereocenters. The predicted molar refractivity (Wildman–Crippen MR) is 112 cm³/mol. The van der Waals surface area contributed by atoms with Crippen LogP contribution in [0.2, 0.25) is 0 Å². The van der Waals surface area contributed by atoms with Crippen LogP contribution in [0.1, 0.15) is 24.5 Å². The highest BCUT2D eigenvalue weighted by atomic mass is 19.4. The van der Waals surface area contributed by atoms with Gasteiger partial charge in [-0.15, -0.1) is 0 Å². The number of benzene rings is 2. The fourth-order valence-electron chi connectivity index (χ4n) is 3.45. The van der Waals surface area contributed by atoms with Crippen LogP contribution >= 0.6 is 0 Å². The topological polar surface area (TPSA) is 84.5 Å². The van der Waals surface area contributed by atoms with Crippen LogP contribution in [0.3, 0.4) is 0 Å². The molecule has 32 heavy (non-hydrogen) atoms. The van der Waals surface area contributed by atoms with Gasteiger partial charge in [0, 0.05) is 5.69 Å². The van der Waals surface area contributed by atoms with E-state index in [-0.39, 0.29) is 12.1 Å². The Balaban J connectivity index is 1.74. The number of ether oxygens (including phenoxy) is 1. The summed E-state index contributed by atoms with van der Waals surface area (Å²) >= 11 is 0. The average Bonchev–Trinajstić information content (AvgIpc) is 2.96. The zero-order chi connectivity index (χ0) is 23.5. The van der Waals surface area contributed by atoms with Gasteiger partial charge in [0.05, 0.1) is 12.7 Å². The van der Waals surface area contributed by atoms with Crippen LogP contribution < -0.4 is 15.4 Å². The maximum Gasteiger partial charge on any atom is 0.420 e. The van der Waals surface area contributed by atoms with Gasteiger partial charge in [-0.1, -0.05) is 42.5 Å². The smallest absolute Gasteiger partial charge is 0.420 e. The largest absolute Gasteiger partial charge is 0.496 e. The van der Waals surface area contributed by atoms with Crippen LogP contribution in [0.25, 0.3) is 6.08 Å². The van der Waals surface area contributed by atoms with Crippen LogP contribution in [0, 0.1) is 5.92 Å². The summed E-state index contributed by atoms with van der Waals surface area (Å²) in [6, 6.07) is 12.3. The van der Waals surface area contributed by atoms with Gasteiger partial charge in [-0.05, 0) is 37.1 Å². The van der Waals surface area contributed by atoms with E-state index in [1.807, 2.05) is 30.3 Å². The number of hydrogen-bond donors (Lipinski definition) is 2. The lowest BCUT2D eigenvalue weighted by molar-refractivity contribution is -0.139. The number of amides is 2. The first kappa shape index (κ1) is 23.1. The Kier molecular flexibility index (Phi) is 6.38. The number of hydrogen-bond acceptors (Lipinski definition) is 4. The Hall–Kier alpha value is -3.62. The Morgan fingerprint density at radius 1 is 1.19 bits per heavy atom. The summed E-state index contributed by atoms with van der Waals surface area (Å²) in [4.78, 5) is 37.8. The van der Waals surface area contributed by atoms with Crippen molar-refractivity contribution in [2.75, 3.05) is 12.4 Å². The van der Waals surface area contributed by atoms with Crippen LogP contribution in [-0.4, -0.2) is 30.2 Å². The molecule has 1 aliphatic rings. The third-order valence-corrected chi connectivity index (χ3v) is 5.14. The third kappa shape index (κ3) is 4.82. The van der Waals surface area contributed by atoms with Crippen molar-refractivity contribution in [3.63, 3.8) is 0 Å². The summed E-state index contributed by atoms with van der Waals surface area (Å²) in [5.41, 5.74) is -1.69. The predicted octanol–water partition coefficient (Wildman–Crippen LogP) is 3.83. The number of carbonyl (C=O) groups excluding carboxylic acids is 3. The second kappa shape index (κ2) is 8.86. The summed E-state index contributed by atoms with van der Waals surface area (Å²) in [6.45, 7) is 1.50. The second-order valence-electron chi connectivity index (χ2n) is 7.54. The minimum Gasteiger partial charge on any atom is -0.496 e. The highest BCUT2D eigenvalue weighted by Crippen LogP contribution is 2.38. The van der Waals surface area contributed by atoms with E-state index >= 15 is 0 Å². The summed E-state index contributed by atoms with van der Waals surface area (Å²) in [6.07, 6.45) is -1.06. The van der Waals surface area contributed by atoms with E-state index in [9.17, 15) is 27.6 Å². The Morgan fingerprint density at radius 3 is 2.50 bits per heavy atom. The summed E-state index contributed by atoms with van der Waals surface area (Å²) in [5.74, 6) is -4.53. The number of nitrogens with one attached hydrogen (secondary N) is 2. The van der Waals surface area contributed by atoms with Crippen molar-refractivity contribution in [2.45, 2.75) is 25.1 Å². The fourth-order valence-corrected chi connectivity index (χ4v) is 3.45. The lowest BCUT2D eigenvalue weighted by Crippen LogP contribution is -2.43. The number of Topliss-reactive ketones (excluding diaryl/α,β-unsaturated/α-hetero) is 1. The molecule has 0 spiro atoms. The van der Waals surface area contributed by atoms with Gasteiger partial charge in [-0.25, -0.2) is 0 Å². The molecule has 0 aromatic heterocycles. The maximum atomic E-state index is 13.2. The first-order valence-corrected chi connectivity index (χ1v) is 9.69. The van der Waals surface area contributed by atoms with Crippen LogP contribution in [0.4, 0.5) is 18.9 Å². The van der Waals surface area contributed by atoms with Gasteiger partial charge in [0.1, 0.15) is 11.3 Å². The number of halogens is 3. The third-order valence-electron chi connectivity index (χ3n) is 5.14. The molecule has 6 nitrogen and oxygen atoms in total. The number of anilines is 1. The van der Waals surface area contributed by atoms with Crippen LogP contribution in [-0.2, 0) is 20.6 Å². The Labute approximate surface area is 182 Å². The summed E-state index contributed by atoms with van der Waals surface area (Å²) < 4.78 is 44.3. The summed E-state index contributed by atoms with van der Waals surface area (Å²) in [7, 11) is 1.09. The van der Waals surface area contributed by atoms with Crippen LogP contribution in [0.15, 0.2) is 54.6 Å². The van der Waals surface area contributed by atoms with Gasteiger partial charge < -0.3 is 15.4 Å². The molecule has 0 radical (unpaired) electrons. The van der Waals surface area contributed by atoms with E-state index in [2.05, 4.69) is 10.6 Å². The minimum absolute atomic E-state index is 0.150. The van der Waals surface area contributed by atoms with Crippen molar-refractivity contribution < 1.29 is 32.3 Å². The molecule has 0 saturated carbocycles. The van der Waals surface area contributed by atoms with Gasteiger partial charge in [0.15, 0.2) is 11.7 Å². The van der Waals surface area contributed by atoms with Crippen molar-refractivity contribution in [1.29, 1.82) is 0 Å². The molecular formula is C23H21F3N2O4. The lowest BCUT2D eigenvalue weighted by Gasteiger charge is -2.20. The SMILES string of the molecule is COc1ccc(NC(=O)C2C(=O)NC(C)(CC=Cc3ccccc3)C2=O)cc1C(F)(F)F. The zero-order valence-corrected chi connectivity index (χ0v) is 17.3. The minimum atomic E-state index is -4.71. The number of rotatable bonds is 6. The molecule has 3 rings (SSSR count). The number of carbonyl (C=O) groups is 3. The van der Waals surface area contributed by atoms with E-state index < -0.39 is 46.5 Å². The van der Waals surface area contributed by atoms with E-state index in [1.54, 1.807) is 12.2 Å². The Bertz CT molecular complexity index is 1070. The molecule has 168 valence electrons. The van der Waals surface area contributed by atoms with Crippen LogP contribution in [0.5, 0.6) is 5.75 Å². The van der Waals surface area contributed by atoms with Gasteiger partial charge >= 0.3 is 6.18 Å². The van der Waals surface area contributed by atoms with Crippen molar-refractivity contribution in [1.82, 2.24) is 5.32 Å². The second-order valence-corrected chi connectivity index (χ2v) is 7.54. The standard InChI is InChI=1S/C23H21F3N2O4/c1-22(12-6-9-14-7-4-3-5-8-14)19(29)18(21(31)28-22)20(30)27-15-10-11-17(32-2)16(13-15)23(24,25)26/h3-11,13,18H,12H2,1-2H3,(H,27,30)(H,28,31). The molecule has 9 heteroatoms. The molecule has 0 aliphatic carbocycles. The first-order chi connectivity index (χ1) is 15.0. The normalized spacial score (nSPS) is 21.0. The first-order valence-electron chi connectivity index (χ1n) is 9.69. The molecule has 2 aromatic carbocycles. The van der Waals surface area contributed by atoms with Crippen molar-refractivity contribution >= 4 is 29.4 Å². The molecule has 2 unspecified atom stereocenters. The summed E-state index contributed by atoms with van der Waals surface area (Å²) in [5, 5.41) is 4.77. The van der Waals surface area contributed by atoms with Crippen molar-refractivity contribution in [3.05, 3.63) is 65.7 Å². The lowest BCUT2D eigenvalue weighted by atomic mass is 9.89. The molecule has 2 N–H and O–H groups in total. The number of methoxy groups -OCH3 is 1. The zero-order valence-electron chi connectivity index (χ0n) is 17.3. The quantitative estimate of drug-likeness (QED) is 0.661. The van der Waals surface area contributed by atoms with E-state index in [0.717, 1.165) is 18.7 Å². The Morgan fingerprint density at radius 2 is 1.88 bits per heavy atom. The fraction of sp³-hybridized carbons (Fsp3) is 0.261. The highest BCUT2D eigenvalue weighted by molar-refractivity contribution is 6.27. The average molecular weight is 446 g/mol. The molecular weight excluding hydrogens is 425 g/mol. The monoisotopic (exact) mass is 446 g/mol. The van der Waals surface area contributed by atoms with Crippen molar-refractivity contribution in [2.24, 2.45) is 5.92 Å². The maximum absolute atomic E-state index is 13.2. The molecule has 2 amide bonds. The molecule has 0 bridgehead atoms.